The lowest BCUT2D eigenvalue weighted by atomic mass is 10.8. The van der Waals surface area contributed by atoms with Gasteiger partial charge in [0, 0.05) is 6.92 Å². The number of rotatable bonds is 2. The van der Waals surface area contributed by atoms with Crippen LogP contribution < -0.4 is 0 Å². The number of alkyl halides is 1. The van der Waals surface area contributed by atoms with E-state index < -0.39 is 6.36 Å². The Bertz CT molecular complexity index is 44.1. The molecule has 0 N–H and O–H groups in total. The first-order valence-corrected chi connectivity index (χ1v) is 1.44. The van der Waals surface area contributed by atoms with Crippen molar-refractivity contribution in [2.24, 2.45) is 0 Å². The molecule has 0 aliphatic carbocycles. The summed E-state index contributed by atoms with van der Waals surface area (Å²) >= 11 is 0. The first-order valence-electron chi connectivity index (χ1n) is 1.44. The van der Waals surface area contributed by atoms with Crippen LogP contribution in [0.25, 0.3) is 0 Å². The van der Waals surface area contributed by atoms with E-state index in [0.29, 0.717) is 0 Å². The molecule has 0 aromatic carbocycles. The average molecular weight is 91.1 g/mol. The zero-order valence-electron chi connectivity index (χ0n) is 3.27. The Balaban J connectivity index is 2.81. The predicted octanol–water partition coefficient (Wildman–Crippen LogP) is 0.386. The molecule has 0 saturated heterocycles. The fourth-order valence-electron chi connectivity index (χ4n) is 0.0663. The van der Waals surface area contributed by atoms with Crippen molar-refractivity contribution in [2.45, 2.75) is 13.3 Å². The maximum atomic E-state index is 11.2. The Kier molecular flexibility index (Phi) is 2.36. The highest BCUT2D eigenvalue weighted by atomic mass is 19.1. The summed E-state index contributed by atoms with van der Waals surface area (Å²) in [5, 5.41) is 0. The van der Waals surface area contributed by atoms with Crippen LogP contribution in [0.3, 0.4) is 0 Å². The van der Waals surface area contributed by atoms with Crippen LogP contribution in [-0.2, 0) is 9.53 Å². The fourth-order valence-corrected chi connectivity index (χ4v) is 0.0663. The molecule has 35 valence electrons. The molecule has 3 heteroatoms. The zero-order valence-corrected chi connectivity index (χ0v) is 3.27. The molecule has 0 fully saturated rings. The van der Waals surface area contributed by atoms with Crippen molar-refractivity contribution in [3.8, 4) is 0 Å². The maximum absolute atomic E-state index is 11.2. The molecule has 0 aliphatic heterocycles. The normalized spacial score (nSPS) is 13.0. The SMILES string of the molecule is CC(F)O[C]=O. The Morgan fingerprint density at radius 2 is 2.50 bits per heavy atom. The average Bonchev–Trinajstić information content (AvgIpc) is 1.35. The van der Waals surface area contributed by atoms with E-state index in [2.05, 4.69) is 4.74 Å². The van der Waals surface area contributed by atoms with Crippen LogP contribution in [0.1, 0.15) is 6.92 Å². The molecule has 0 aromatic rings. The van der Waals surface area contributed by atoms with Gasteiger partial charge in [0.15, 0.2) is 0 Å². The third kappa shape index (κ3) is 3.40. The van der Waals surface area contributed by atoms with Gasteiger partial charge in [0.1, 0.15) is 0 Å². The van der Waals surface area contributed by atoms with E-state index in [1.807, 2.05) is 0 Å². The molecule has 0 rings (SSSR count). The van der Waals surface area contributed by atoms with Crippen molar-refractivity contribution in [3.63, 3.8) is 0 Å². The minimum atomic E-state index is -1.53. The highest BCUT2D eigenvalue weighted by Gasteiger charge is 1.90. The van der Waals surface area contributed by atoms with Crippen LogP contribution >= 0.6 is 0 Å². The molecule has 0 aromatic heterocycles. The first kappa shape index (κ1) is 5.40. The topological polar surface area (TPSA) is 26.3 Å². The van der Waals surface area contributed by atoms with E-state index in [0.717, 1.165) is 13.4 Å². The van der Waals surface area contributed by atoms with Gasteiger partial charge in [0.25, 0.3) is 0 Å². The molecule has 1 unspecified atom stereocenters. The monoisotopic (exact) mass is 91.0 g/mol. The number of ether oxygens (including phenoxy) is 1. The first-order chi connectivity index (χ1) is 2.77. The summed E-state index contributed by atoms with van der Waals surface area (Å²) in [7, 11) is 0. The lowest BCUT2D eigenvalue weighted by Crippen LogP contribution is -1.95. The third-order valence-electron chi connectivity index (χ3n) is 0.211. The van der Waals surface area contributed by atoms with Gasteiger partial charge in [-0.1, -0.05) is 0 Å². The van der Waals surface area contributed by atoms with E-state index in [-0.39, 0.29) is 0 Å². The summed E-state index contributed by atoms with van der Waals surface area (Å²) in [4.78, 5) is 9.03. The molecule has 0 spiro atoms. The van der Waals surface area contributed by atoms with Crippen LogP contribution in [0, 0.1) is 0 Å². The van der Waals surface area contributed by atoms with Crippen molar-refractivity contribution >= 4 is 6.47 Å². The Morgan fingerprint density at radius 1 is 2.00 bits per heavy atom. The van der Waals surface area contributed by atoms with Gasteiger partial charge >= 0.3 is 6.47 Å². The minimum absolute atomic E-state index is 0.942. The molecule has 0 saturated carbocycles. The van der Waals surface area contributed by atoms with Crippen molar-refractivity contribution in [2.75, 3.05) is 0 Å². The van der Waals surface area contributed by atoms with Crippen molar-refractivity contribution in [1.29, 1.82) is 0 Å². The Morgan fingerprint density at radius 3 is 2.50 bits per heavy atom. The molecule has 0 aliphatic rings. The van der Waals surface area contributed by atoms with Crippen LogP contribution in [-0.4, -0.2) is 12.8 Å². The van der Waals surface area contributed by atoms with E-state index in [1.165, 1.54) is 0 Å². The fraction of sp³-hybridized carbons (Fsp3) is 0.667. The second-order valence-electron chi connectivity index (χ2n) is 0.744. The molecule has 0 bridgehead atoms. The van der Waals surface area contributed by atoms with Crippen LogP contribution in [0.4, 0.5) is 4.39 Å². The summed E-state index contributed by atoms with van der Waals surface area (Å²) in [6.45, 7) is 2.04. The molecule has 0 heterocycles. The molecule has 0 amide bonds. The standard InChI is InChI=1S/C3H4FO2/c1-3(4)6-2-5/h3H,1H3. The number of carbonyl (C=O) groups excluding carboxylic acids is 1. The number of hydrogen-bond donors (Lipinski definition) is 0. The molecular formula is C3H4FO2. The summed E-state index contributed by atoms with van der Waals surface area (Å²) in [6, 6.07) is 0. The van der Waals surface area contributed by atoms with Gasteiger partial charge in [-0.05, 0) is 0 Å². The minimum Gasteiger partial charge on any atom is -0.423 e. The van der Waals surface area contributed by atoms with Gasteiger partial charge in [-0.3, -0.25) is 0 Å². The summed E-state index contributed by atoms with van der Waals surface area (Å²) in [5.74, 6) is 0. The Labute approximate surface area is 34.9 Å². The zero-order chi connectivity index (χ0) is 4.99. The summed E-state index contributed by atoms with van der Waals surface area (Å²) in [5.41, 5.74) is 0. The summed E-state index contributed by atoms with van der Waals surface area (Å²) < 4.78 is 14.8. The van der Waals surface area contributed by atoms with Gasteiger partial charge in [0.05, 0.1) is 0 Å². The molecule has 2 nitrogen and oxygen atoms in total. The second kappa shape index (κ2) is 2.63. The van der Waals surface area contributed by atoms with Gasteiger partial charge < -0.3 is 4.74 Å². The van der Waals surface area contributed by atoms with Crippen LogP contribution in [0.2, 0.25) is 0 Å². The van der Waals surface area contributed by atoms with Crippen molar-refractivity contribution < 1.29 is 13.9 Å². The molecule has 6 heavy (non-hydrogen) atoms. The van der Waals surface area contributed by atoms with Crippen LogP contribution in [0.5, 0.6) is 0 Å². The highest BCUT2D eigenvalue weighted by molar-refractivity contribution is 5.38. The van der Waals surface area contributed by atoms with E-state index in [1.54, 1.807) is 0 Å². The third-order valence-corrected chi connectivity index (χ3v) is 0.211. The van der Waals surface area contributed by atoms with Crippen LogP contribution in [0.15, 0.2) is 0 Å². The Hall–Kier alpha value is -0.600. The number of halogens is 1. The molecule has 1 radical (unpaired) electrons. The smallest absolute Gasteiger partial charge is 0.420 e. The van der Waals surface area contributed by atoms with Gasteiger partial charge in [-0.15, -0.1) is 0 Å². The van der Waals surface area contributed by atoms with Gasteiger partial charge in [-0.25, -0.2) is 9.18 Å². The molecule has 1 atom stereocenters. The lowest BCUT2D eigenvalue weighted by molar-refractivity contribution is 0.0694. The maximum Gasteiger partial charge on any atom is 0.420 e. The predicted molar refractivity (Wildman–Crippen MR) is 17.3 cm³/mol. The molecular weight excluding hydrogens is 87.0 g/mol. The van der Waals surface area contributed by atoms with Gasteiger partial charge in [0.2, 0.25) is 6.36 Å². The van der Waals surface area contributed by atoms with E-state index >= 15 is 0 Å². The van der Waals surface area contributed by atoms with E-state index in [9.17, 15) is 4.39 Å². The summed E-state index contributed by atoms with van der Waals surface area (Å²) in [6.07, 6.45) is -1.53. The van der Waals surface area contributed by atoms with Gasteiger partial charge in [-0.2, -0.15) is 0 Å². The largest absolute Gasteiger partial charge is 0.423 e. The highest BCUT2D eigenvalue weighted by Crippen LogP contribution is 1.83. The second-order valence-corrected chi connectivity index (χ2v) is 0.744. The van der Waals surface area contributed by atoms with E-state index in [4.69, 9.17) is 4.79 Å². The quantitative estimate of drug-likeness (QED) is 0.491. The number of hydrogen-bond acceptors (Lipinski definition) is 2. The van der Waals surface area contributed by atoms with Crippen molar-refractivity contribution in [3.05, 3.63) is 0 Å². The van der Waals surface area contributed by atoms with Crippen molar-refractivity contribution in [1.82, 2.24) is 0 Å². The lowest BCUT2D eigenvalue weighted by Gasteiger charge is -1.90.